The van der Waals surface area contributed by atoms with E-state index in [1.54, 1.807) is 0 Å². The van der Waals surface area contributed by atoms with Crippen molar-refractivity contribution in [1.29, 1.82) is 0 Å². The zero-order chi connectivity index (χ0) is 11.8. The zero-order valence-corrected chi connectivity index (χ0v) is 10.6. The third-order valence-electron chi connectivity index (χ3n) is 2.96. The Morgan fingerprint density at radius 1 is 1.31 bits per heavy atom. The van der Waals surface area contributed by atoms with E-state index in [0.29, 0.717) is 0 Å². The number of benzene rings is 1. The number of rotatable bonds is 2. The number of nitrogens with one attached hydrogen (secondary N) is 1. The Morgan fingerprint density at radius 2 is 2.06 bits per heavy atom. The van der Waals surface area contributed by atoms with Gasteiger partial charge in [-0.2, -0.15) is 0 Å². The molecule has 0 spiro atoms. The van der Waals surface area contributed by atoms with Crippen LogP contribution in [-0.4, -0.2) is 11.6 Å². The minimum absolute atomic E-state index is 0.170. The van der Waals surface area contributed by atoms with Crippen LogP contribution in [0.25, 0.3) is 0 Å². The van der Waals surface area contributed by atoms with E-state index in [9.17, 15) is 0 Å². The average Bonchev–Trinajstić information content (AvgIpc) is 2.17. The van der Waals surface area contributed by atoms with Crippen LogP contribution in [0.15, 0.2) is 18.2 Å². The van der Waals surface area contributed by atoms with Crippen LogP contribution in [0.1, 0.15) is 39.7 Å². The quantitative estimate of drug-likeness (QED) is 0.820. The number of anilines is 1. The molecule has 1 aromatic carbocycles. The molecular formula is C14H21NO. The molecule has 1 aromatic rings. The highest BCUT2D eigenvalue weighted by atomic mass is 16.5. The molecule has 0 atom stereocenters. The van der Waals surface area contributed by atoms with Gasteiger partial charge in [0.25, 0.3) is 0 Å². The van der Waals surface area contributed by atoms with Crippen LogP contribution in [0.4, 0.5) is 5.69 Å². The van der Waals surface area contributed by atoms with Crippen LogP contribution in [0.5, 0.6) is 5.75 Å². The molecule has 2 heteroatoms. The number of para-hydroxylation sites is 1. The van der Waals surface area contributed by atoms with Crippen LogP contribution in [-0.2, 0) is 6.42 Å². The van der Waals surface area contributed by atoms with Gasteiger partial charge >= 0.3 is 0 Å². The number of hydrogen-bond donors (Lipinski definition) is 1. The van der Waals surface area contributed by atoms with Crippen LogP contribution in [0.3, 0.4) is 0 Å². The van der Waals surface area contributed by atoms with Crippen molar-refractivity contribution in [3.05, 3.63) is 23.8 Å². The lowest BCUT2D eigenvalue weighted by Gasteiger charge is -2.35. The van der Waals surface area contributed by atoms with Crippen molar-refractivity contribution in [2.45, 2.75) is 52.2 Å². The molecule has 0 amide bonds. The van der Waals surface area contributed by atoms with Crippen molar-refractivity contribution in [3.8, 4) is 5.75 Å². The SMILES string of the molecule is CC(C)Oc1cccc2c1NC(C)(C)CC2. The second kappa shape index (κ2) is 4.00. The Bertz CT molecular complexity index is 382. The summed E-state index contributed by atoms with van der Waals surface area (Å²) >= 11 is 0. The second-order valence-electron chi connectivity index (χ2n) is 5.47. The Hall–Kier alpha value is -1.18. The summed E-state index contributed by atoms with van der Waals surface area (Å²) in [6.45, 7) is 8.60. The van der Waals surface area contributed by atoms with E-state index in [2.05, 4.69) is 45.1 Å². The first-order valence-electron chi connectivity index (χ1n) is 6.05. The summed E-state index contributed by atoms with van der Waals surface area (Å²) < 4.78 is 5.84. The lowest BCUT2D eigenvalue weighted by atomic mass is 9.89. The van der Waals surface area contributed by atoms with Gasteiger partial charge in [-0.1, -0.05) is 12.1 Å². The molecule has 2 nitrogen and oxygen atoms in total. The largest absolute Gasteiger partial charge is 0.489 e. The van der Waals surface area contributed by atoms with E-state index in [4.69, 9.17) is 4.74 Å². The van der Waals surface area contributed by atoms with E-state index in [1.807, 2.05) is 6.07 Å². The summed E-state index contributed by atoms with van der Waals surface area (Å²) in [6.07, 6.45) is 2.52. The second-order valence-corrected chi connectivity index (χ2v) is 5.47. The van der Waals surface area contributed by atoms with Crippen molar-refractivity contribution >= 4 is 5.69 Å². The van der Waals surface area contributed by atoms with Crippen LogP contribution in [0, 0.1) is 0 Å². The molecule has 0 bridgehead atoms. The number of aryl methyl sites for hydroxylation is 1. The smallest absolute Gasteiger partial charge is 0.143 e. The zero-order valence-electron chi connectivity index (χ0n) is 10.6. The molecule has 1 aliphatic rings. The maximum absolute atomic E-state index is 5.84. The molecule has 0 unspecified atom stereocenters. The fourth-order valence-corrected chi connectivity index (χ4v) is 2.13. The van der Waals surface area contributed by atoms with E-state index >= 15 is 0 Å². The Balaban J connectivity index is 2.34. The van der Waals surface area contributed by atoms with Gasteiger partial charge in [0.05, 0.1) is 11.8 Å². The van der Waals surface area contributed by atoms with Gasteiger partial charge in [0.1, 0.15) is 5.75 Å². The molecule has 16 heavy (non-hydrogen) atoms. The first-order chi connectivity index (χ1) is 7.48. The molecule has 0 fully saturated rings. The lowest BCUT2D eigenvalue weighted by molar-refractivity contribution is 0.242. The molecular weight excluding hydrogens is 198 g/mol. The minimum atomic E-state index is 0.170. The number of ether oxygens (including phenoxy) is 1. The van der Waals surface area contributed by atoms with Crippen molar-refractivity contribution in [2.75, 3.05) is 5.32 Å². The van der Waals surface area contributed by atoms with Crippen LogP contribution in [0.2, 0.25) is 0 Å². The molecule has 0 radical (unpaired) electrons. The van der Waals surface area contributed by atoms with E-state index in [0.717, 1.165) is 12.2 Å². The van der Waals surface area contributed by atoms with Crippen molar-refractivity contribution in [3.63, 3.8) is 0 Å². The average molecular weight is 219 g/mol. The third-order valence-corrected chi connectivity index (χ3v) is 2.96. The molecule has 0 saturated heterocycles. The topological polar surface area (TPSA) is 21.3 Å². The van der Waals surface area contributed by atoms with Gasteiger partial charge in [0.15, 0.2) is 0 Å². The molecule has 1 heterocycles. The Labute approximate surface area is 98.0 Å². The molecule has 0 aromatic heterocycles. The predicted octanol–water partition coefficient (Wildman–Crippen LogP) is 3.61. The van der Waals surface area contributed by atoms with Gasteiger partial charge in [-0.25, -0.2) is 0 Å². The van der Waals surface area contributed by atoms with Crippen molar-refractivity contribution in [1.82, 2.24) is 0 Å². The first kappa shape index (κ1) is 11.3. The molecule has 0 saturated carbocycles. The number of fused-ring (bicyclic) bond motifs is 1. The lowest BCUT2D eigenvalue weighted by Crippen LogP contribution is -2.35. The summed E-state index contributed by atoms with van der Waals surface area (Å²) in [6, 6.07) is 6.31. The number of hydrogen-bond acceptors (Lipinski definition) is 2. The van der Waals surface area contributed by atoms with Crippen molar-refractivity contribution in [2.24, 2.45) is 0 Å². The fourth-order valence-electron chi connectivity index (χ4n) is 2.13. The maximum Gasteiger partial charge on any atom is 0.143 e. The highest BCUT2D eigenvalue weighted by molar-refractivity contribution is 5.64. The van der Waals surface area contributed by atoms with Gasteiger partial charge in [-0.05, 0) is 52.2 Å². The standard InChI is InChI=1S/C14H21NO/c1-10(2)16-12-7-5-6-11-8-9-14(3,4)15-13(11)12/h5-7,10,15H,8-9H2,1-4H3. The van der Waals surface area contributed by atoms with Crippen molar-refractivity contribution < 1.29 is 4.74 Å². The first-order valence-corrected chi connectivity index (χ1v) is 6.05. The van der Waals surface area contributed by atoms with Gasteiger partial charge in [-0.3, -0.25) is 0 Å². The Kier molecular flexibility index (Phi) is 2.83. The molecule has 88 valence electrons. The van der Waals surface area contributed by atoms with E-state index in [-0.39, 0.29) is 11.6 Å². The fraction of sp³-hybridized carbons (Fsp3) is 0.571. The molecule has 2 rings (SSSR count). The van der Waals surface area contributed by atoms with Gasteiger partial charge in [0.2, 0.25) is 0 Å². The molecule has 1 aliphatic heterocycles. The normalized spacial score (nSPS) is 17.8. The molecule has 0 aliphatic carbocycles. The maximum atomic E-state index is 5.84. The van der Waals surface area contributed by atoms with Gasteiger partial charge in [0, 0.05) is 5.54 Å². The summed E-state index contributed by atoms with van der Waals surface area (Å²) in [7, 11) is 0. The summed E-state index contributed by atoms with van der Waals surface area (Å²) in [5, 5.41) is 3.59. The highest BCUT2D eigenvalue weighted by Gasteiger charge is 2.26. The van der Waals surface area contributed by atoms with E-state index < -0.39 is 0 Å². The Morgan fingerprint density at radius 3 is 2.75 bits per heavy atom. The molecule has 1 N–H and O–H groups in total. The van der Waals surface area contributed by atoms with Crippen LogP contribution < -0.4 is 10.1 Å². The van der Waals surface area contributed by atoms with Gasteiger partial charge in [-0.15, -0.1) is 0 Å². The highest BCUT2D eigenvalue weighted by Crippen LogP contribution is 2.37. The minimum Gasteiger partial charge on any atom is -0.489 e. The van der Waals surface area contributed by atoms with E-state index in [1.165, 1.54) is 17.7 Å². The summed E-state index contributed by atoms with van der Waals surface area (Å²) in [5.41, 5.74) is 2.73. The van der Waals surface area contributed by atoms with Crippen LogP contribution >= 0.6 is 0 Å². The summed E-state index contributed by atoms with van der Waals surface area (Å²) in [4.78, 5) is 0. The van der Waals surface area contributed by atoms with Gasteiger partial charge < -0.3 is 10.1 Å². The summed E-state index contributed by atoms with van der Waals surface area (Å²) in [5.74, 6) is 0.986. The predicted molar refractivity (Wildman–Crippen MR) is 68.2 cm³/mol. The third kappa shape index (κ3) is 2.31. The monoisotopic (exact) mass is 219 g/mol.